The van der Waals surface area contributed by atoms with Crippen molar-refractivity contribution in [3.8, 4) is 11.3 Å². The zero-order valence-electron chi connectivity index (χ0n) is 8.99. The summed E-state index contributed by atoms with van der Waals surface area (Å²) >= 11 is 0. The van der Waals surface area contributed by atoms with Crippen molar-refractivity contribution in [2.24, 2.45) is 0 Å². The number of nitrogens with one attached hydrogen (secondary N) is 2. The molecule has 15 heavy (non-hydrogen) atoms. The number of hydrogen-bond donors (Lipinski definition) is 2. The first-order valence-electron chi connectivity index (χ1n) is 5.13. The molecular weight excluding hydrogens is 186 g/mol. The molecule has 0 saturated carbocycles. The van der Waals surface area contributed by atoms with Crippen molar-refractivity contribution in [2.75, 3.05) is 5.32 Å². The van der Waals surface area contributed by atoms with Crippen LogP contribution >= 0.6 is 0 Å². The van der Waals surface area contributed by atoms with E-state index in [0.717, 1.165) is 17.1 Å². The Hall–Kier alpha value is -1.77. The maximum absolute atomic E-state index is 4.20. The smallest absolute Gasteiger partial charge is 0.148 e. The van der Waals surface area contributed by atoms with Crippen LogP contribution in [0, 0.1) is 0 Å². The van der Waals surface area contributed by atoms with Crippen LogP contribution in [0.25, 0.3) is 11.3 Å². The molecule has 1 aromatic heterocycles. The number of rotatable bonds is 3. The maximum Gasteiger partial charge on any atom is 0.148 e. The van der Waals surface area contributed by atoms with Crippen molar-refractivity contribution in [3.63, 3.8) is 0 Å². The summed E-state index contributed by atoms with van der Waals surface area (Å²) in [6.07, 6.45) is 0. The summed E-state index contributed by atoms with van der Waals surface area (Å²) in [5.41, 5.74) is 2.19. The summed E-state index contributed by atoms with van der Waals surface area (Å²) in [5.74, 6) is 0.892. The van der Waals surface area contributed by atoms with Gasteiger partial charge in [0.1, 0.15) is 5.82 Å². The number of hydrogen-bond acceptors (Lipinski definition) is 2. The molecule has 0 atom stereocenters. The predicted molar refractivity (Wildman–Crippen MR) is 62.8 cm³/mol. The Bertz CT molecular complexity index is 417. The summed E-state index contributed by atoms with van der Waals surface area (Å²) in [7, 11) is 0. The Kier molecular flexibility index (Phi) is 2.72. The van der Waals surface area contributed by atoms with Gasteiger partial charge in [-0.3, -0.25) is 5.10 Å². The lowest BCUT2D eigenvalue weighted by atomic mass is 10.1. The van der Waals surface area contributed by atoms with E-state index < -0.39 is 0 Å². The van der Waals surface area contributed by atoms with Crippen molar-refractivity contribution in [1.82, 2.24) is 10.2 Å². The first kappa shape index (κ1) is 9.77. The summed E-state index contributed by atoms with van der Waals surface area (Å²) in [4.78, 5) is 0. The third-order valence-electron chi connectivity index (χ3n) is 2.10. The highest BCUT2D eigenvalue weighted by Gasteiger charge is 2.03. The van der Waals surface area contributed by atoms with E-state index >= 15 is 0 Å². The molecule has 0 aliphatic carbocycles. The van der Waals surface area contributed by atoms with Crippen LogP contribution in [0.1, 0.15) is 13.8 Å². The lowest BCUT2D eigenvalue weighted by Gasteiger charge is -2.04. The van der Waals surface area contributed by atoms with E-state index in [0.29, 0.717) is 6.04 Å². The zero-order chi connectivity index (χ0) is 10.7. The van der Waals surface area contributed by atoms with Gasteiger partial charge in [-0.15, -0.1) is 0 Å². The Morgan fingerprint density at radius 2 is 1.93 bits per heavy atom. The summed E-state index contributed by atoms with van der Waals surface area (Å²) in [6.45, 7) is 4.19. The van der Waals surface area contributed by atoms with Crippen molar-refractivity contribution in [1.29, 1.82) is 0 Å². The van der Waals surface area contributed by atoms with E-state index in [1.165, 1.54) is 0 Å². The van der Waals surface area contributed by atoms with Gasteiger partial charge in [-0.2, -0.15) is 5.10 Å². The molecule has 0 fully saturated rings. The quantitative estimate of drug-likeness (QED) is 0.801. The van der Waals surface area contributed by atoms with Gasteiger partial charge in [0, 0.05) is 12.1 Å². The number of anilines is 1. The fourth-order valence-corrected chi connectivity index (χ4v) is 1.46. The van der Waals surface area contributed by atoms with Crippen LogP contribution in [0.15, 0.2) is 36.4 Å². The fourth-order valence-electron chi connectivity index (χ4n) is 1.46. The van der Waals surface area contributed by atoms with Crippen LogP contribution in [0.2, 0.25) is 0 Å². The highest BCUT2D eigenvalue weighted by atomic mass is 15.2. The predicted octanol–water partition coefficient (Wildman–Crippen LogP) is 2.90. The lowest BCUT2D eigenvalue weighted by molar-refractivity contribution is 0.884. The Labute approximate surface area is 89.5 Å². The molecule has 3 heteroatoms. The number of aromatic nitrogens is 2. The van der Waals surface area contributed by atoms with Crippen LogP contribution in [-0.2, 0) is 0 Å². The van der Waals surface area contributed by atoms with E-state index in [1.807, 2.05) is 24.3 Å². The molecule has 3 nitrogen and oxygen atoms in total. The van der Waals surface area contributed by atoms with Crippen molar-refractivity contribution in [2.45, 2.75) is 19.9 Å². The first-order valence-corrected chi connectivity index (χ1v) is 5.13. The number of benzene rings is 1. The SMILES string of the molecule is CC(C)Nc1cc(-c2ccccc2)[nH]n1. The van der Waals surface area contributed by atoms with E-state index in [-0.39, 0.29) is 0 Å². The average molecular weight is 201 g/mol. The Balaban J connectivity index is 2.21. The molecule has 0 aliphatic heterocycles. The fraction of sp³-hybridized carbons (Fsp3) is 0.250. The van der Waals surface area contributed by atoms with Gasteiger partial charge in [0.15, 0.2) is 0 Å². The zero-order valence-corrected chi connectivity index (χ0v) is 8.99. The average Bonchev–Trinajstić information content (AvgIpc) is 2.67. The third-order valence-corrected chi connectivity index (χ3v) is 2.10. The molecule has 0 bridgehead atoms. The molecule has 1 aromatic carbocycles. The van der Waals surface area contributed by atoms with Gasteiger partial charge in [-0.1, -0.05) is 30.3 Å². The second-order valence-electron chi connectivity index (χ2n) is 3.83. The molecule has 0 spiro atoms. The van der Waals surface area contributed by atoms with E-state index in [1.54, 1.807) is 0 Å². The molecule has 2 aromatic rings. The summed E-state index contributed by atoms with van der Waals surface area (Å²) in [5, 5.41) is 10.5. The van der Waals surface area contributed by atoms with Crippen LogP contribution in [-0.4, -0.2) is 16.2 Å². The van der Waals surface area contributed by atoms with Gasteiger partial charge in [0.25, 0.3) is 0 Å². The largest absolute Gasteiger partial charge is 0.366 e. The Morgan fingerprint density at radius 1 is 1.20 bits per heavy atom. The van der Waals surface area contributed by atoms with Gasteiger partial charge in [-0.05, 0) is 19.4 Å². The van der Waals surface area contributed by atoms with Crippen molar-refractivity contribution < 1.29 is 0 Å². The van der Waals surface area contributed by atoms with Gasteiger partial charge < -0.3 is 5.32 Å². The topological polar surface area (TPSA) is 40.7 Å². The minimum Gasteiger partial charge on any atom is -0.366 e. The highest BCUT2D eigenvalue weighted by Crippen LogP contribution is 2.19. The van der Waals surface area contributed by atoms with Gasteiger partial charge in [0.2, 0.25) is 0 Å². The number of nitrogens with zero attached hydrogens (tertiary/aromatic N) is 1. The summed E-state index contributed by atoms with van der Waals surface area (Å²) in [6, 6.07) is 12.6. The minimum absolute atomic E-state index is 0.400. The normalized spacial score (nSPS) is 10.6. The second kappa shape index (κ2) is 4.17. The van der Waals surface area contributed by atoms with E-state index in [9.17, 15) is 0 Å². The molecule has 0 aliphatic rings. The molecule has 0 amide bonds. The van der Waals surface area contributed by atoms with Crippen LogP contribution in [0.3, 0.4) is 0 Å². The van der Waals surface area contributed by atoms with Crippen LogP contribution in [0.4, 0.5) is 5.82 Å². The summed E-state index contributed by atoms with van der Waals surface area (Å²) < 4.78 is 0. The Morgan fingerprint density at radius 3 is 2.60 bits per heavy atom. The molecule has 0 radical (unpaired) electrons. The van der Waals surface area contributed by atoms with E-state index in [2.05, 4.69) is 41.5 Å². The van der Waals surface area contributed by atoms with Crippen molar-refractivity contribution >= 4 is 5.82 Å². The minimum atomic E-state index is 0.400. The van der Waals surface area contributed by atoms with Crippen LogP contribution < -0.4 is 5.32 Å². The van der Waals surface area contributed by atoms with Crippen LogP contribution in [0.5, 0.6) is 0 Å². The second-order valence-corrected chi connectivity index (χ2v) is 3.83. The van der Waals surface area contributed by atoms with E-state index in [4.69, 9.17) is 0 Å². The molecule has 78 valence electrons. The number of H-pyrrole nitrogens is 1. The molecule has 0 saturated heterocycles. The molecule has 2 rings (SSSR count). The first-order chi connectivity index (χ1) is 7.25. The molecule has 0 unspecified atom stereocenters. The molecular formula is C12H15N3. The monoisotopic (exact) mass is 201 g/mol. The molecule has 1 heterocycles. The lowest BCUT2D eigenvalue weighted by Crippen LogP contribution is -2.09. The van der Waals surface area contributed by atoms with Gasteiger partial charge in [-0.25, -0.2) is 0 Å². The van der Waals surface area contributed by atoms with Gasteiger partial charge in [0.05, 0.1) is 5.69 Å². The van der Waals surface area contributed by atoms with Gasteiger partial charge >= 0.3 is 0 Å². The third kappa shape index (κ3) is 2.37. The molecule has 2 N–H and O–H groups in total. The number of aromatic amines is 1. The standard InChI is InChI=1S/C12H15N3/c1-9(2)13-12-8-11(14-15-12)10-6-4-3-5-7-10/h3-9H,1-2H3,(H2,13,14,15). The maximum atomic E-state index is 4.20. The highest BCUT2D eigenvalue weighted by molar-refractivity contribution is 5.62. The van der Waals surface area contributed by atoms with Crippen molar-refractivity contribution in [3.05, 3.63) is 36.4 Å².